The summed E-state index contributed by atoms with van der Waals surface area (Å²) in [4.78, 5) is 6.78. The molecule has 6 heteroatoms. The SMILES string of the molecule is COc1ccc(-n2ccnc2CN2CCC[C@](O)(CO)CC2)cc1. The first-order chi connectivity index (χ1) is 11.6. The molecule has 1 fully saturated rings. The summed E-state index contributed by atoms with van der Waals surface area (Å²) < 4.78 is 7.28. The van der Waals surface area contributed by atoms with Crippen LogP contribution in [-0.4, -0.2) is 57.1 Å². The zero-order chi connectivity index (χ0) is 17.0. The summed E-state index contributed by atoms with van der Waals surface area (Å²) in [6, 6.07) is 7.90. The van der Waals surface area contributed by atoms with Gasteiger partial charge in [-0.3, -0.25) is 4.90 Å². The normalized spacial score (nSPS) is 22.3. The summed E-state index contributed by atoms with van der Waals surface area (Å²) in [5.74, 6) is 1.80. The maximum absolute atomic E-state index is 10.3. The Morgan fingerprint density at radius 3 is 2.71 bits per heavy atom. The van der Waals surface area contributed by atoms with E-state index in [2.05, 4.69) is 14.5 Å². The van der Waals surface area contributed by atoms with Gasteiger partial charge in [-0.05, 0) is 50.1 Å². The summed E-state index contributed by atoms with van der Waals surface area (Å²) in [7, 11) is 1.66. The van der Waals surface area contributed by atoms with Crippen LogP contribution in [0.5, 0.6) is 5.75 Å². The zero-order valence-corrected chi connectivity index (χ0v) is 14.1. The highest BCUT2D eigenvalue weighted by molar-refractivity contribution is 5.38. The number of hydrogen-bond acceptors (Lipinski definition) is 5. The molecule has 2 heterocycles. The molecule has 0 radical (unpaired) electrons. The highest BCUT2D eigenvalue weighted by Gasteiger charge is 2.29. The Morgan fingerprint density at radius 1 is 1.21 bits per heavy atom. The Morgan fingerprint density at radius 2 is 2.00 bits per heavy atom. The molecule has 0 aliphatic carbocycles. The maximum atomic E-state index is 10.3. The molecule has 2 aromatic rings. The van der Waals surface area contributed by atoms with E-state index in [0.717, 1.165) is 43.3 Å². The summed E-state index contributed by atoms with van der Waals surface area (Å²) >= 11 is 0. The van der Waals surface area contributed by atoms with Crippen LogP contribution in [0.15, 0.2) is 36.7 Å². The molecule has 0 unspecified atom stereocenters. The van der Waals surface area contributed by atoms with Crippen LogP contribution in [-0.2, 0) is 6.54 Å². The van der Waals surface area contributed by atoms with Crippen molar-refractivity contribution in [3.8, 4) is 11.4 Å². The average Bonchev–Trinajstić information content (AvgIpc) is 2.99. The molecule has 1 saturated heterocycles. The van der Waals surface area contributed by atoms with Gasteiger partial charge in [-0.2, -0.15) is 0 Å². The first kappa shape index (κ1) is 17.0. The smallest absolute Gasteiger partial charge is 0.127 e. The highest BCUT2D eigenvalue weighted by atomic mass is 16.5. The van der Waals surface area contributed by atoms with Gasteiger partial charge in [0.25, 0.3) is 0 Å². The second-order valence-electron chi connectivity index (χ2n) is 6.42. The van der Waals surface area contributed by atoms with Gasteiger partial charge in [0.1, 0.15) is 11.6 Å². The third-order valence-corrected chi connectivity index (χ3v) is 4.74. The molecule has 0 spiro atoms. The summed E-state index contributed by atoms with van der Waals surface area (Å²) in [5, 5.41) is 19.6. The molecule has 24 heavy (non-hydrogen) atoms. The highest BCUT2D eigenvalue weighted by Crippen LogP contribution is 2.23. The van der Waals surface area contributed by atoms with E-state index in [-0.39, 0.29) is 6.61 Å². The third kappa shape index (κ3) is 3.77. The number of rotatable bonds is 5. The van der Waals surface area contributed by atoms with E-state index < -0.39 is 5.60 Å². The van der Waals surface area contributed by atoms with Gasteiger partial charge in [-0.15, -0.1) is 0 Å². The van der Waals surface area contributed by atoms with Crippen molar-refractivity contribution in [2.75, 3.05) is 26.8 Å². The van der Waals surface area contributed by atoms with E-state index in [0.29, 0.717) is 12.8 Å². The van der Waals surface area contributed by atoms with Gasteiger partial charge in [0, 0.05) is 24.6 Å². The van der Waals surface area contributed by atoms with Crippen molar-refractivity contribution >= 4 is 0 Å². The van der Waals surface area contributed by atoms with Gasteiger partial charge in [-0.1, -0.05) is 0 Å². The van der Waals surface area contributed by atoms with Crippen molar-refractivity contribution in [2.45, 2.75) is 31.4 Å². The van der Waals surface area contributed by atoms with Crippen LogP contribution in [0.3, 0.4) is 0 Å². The topological polar surface area (TPSA) is 70.8 Å². The van der Waals surface area contributed by atoms with Crippen molar-refractivity contribution in [3.63, 3.8) is 0 Å². The number of likely N-dealkylation sites (tertiary alicyclic amines) is 1. The number of aliphatic hydroxyl groups excluding tert-OH is 1. The van der Waals surface area contributed by atoms with Crippen LogP contribution in [0.1, 0.15) is 25.1 Å². The fourth-order valence-corrected chi connectivity index (χ4v) is 3.18. The Balaban J connectivity index is 1.71. The first-order valence-electron chi connectivity index (χ1n) is 8.36. The fourth-order valence-electron chi connectivity index (χ4n) is 3.18. The van der Waals surface area contributed by atoms with Crippen molar-refractivity contribution in [1.82, 2.24) is 14.5 Å². The number of benzene rings is 1. The molecule has 6 nitrogen and oxygen atoms in total. The van der Waals surface area contributed by atoms with Crippen LogP contribution in [0.2, 0.25) is 0 Å². The predicted octanol–water partition coefficient (Wildman–Crippen LogP) is 1.59. The van der Waals surface area contributed by atoms with Gasteiger partial charge in [-0.25, -0.2) is 4.98 Å². The molecule has 1 aromatic heterocycles. The molecule has 1 aliphatic heterocycles. The molecule has 0 saturated carbocycles. The van der Waals surface area contributed by atoms with E-state index in [1.54, 1.807) is 13.3 Å². The summed E-state index contributed by atoms with van der Waals surface area (Å²) in [6.45, 7) is 2.21. The van der Waals surface area contributed by atoms with Gasteiger partial charge in [0.05, 0.1) is 25.9 Å². The van der Waals surface area contributed by atoms with Crippen LogP contribution in [0.25, 0.3) is 5.69 Å². The van der Waals surface area contributed by atoms with E-state index in [1.807, 2.05) is 30.5 Å². The minimum Gasteiger partial charge on any atom is -0.497 e. The lowest BCUT2D eigenvalue weighted by Crippen LogP contribution is -2.34. The van der Waals surface area contributed by atoms with E-state index in [1.165, 1.54) is 0 Å². The van der Waals surface area contributed by atoms with E-state index >= 15 is 0 Å². The van der Waals surface area contributed by atoms with Crippen LogP contribution >= 0.6 is 0 Å². The Hall–Kier alpha value is -1.89. The number of methoxy groups -OCH3 is 1. The van der Waals surface area contributed by atoms with Crippen LogP contribution in [0, 0.1) is 0 Å². The fraction of sp³-hybridized carbons (Fsp3) is 0.500. The Labute approximate surface area is 142 Å². The van der Waals surface area contributed by atoms with E-state index in [9.17, 15) is 10.2 Å². The van der Waals surface area contributed by atoms with Gasteiger partial charge in [0.2, 0.25) is 0 Å². The second-order valence-corrected chi connectivity index (χ2v) is 6.42. The lowest BCUT2D eigenvalue weighted by atomic mass is 9.96. The summed E-state index contributed by atoms with van der Waals surface area (Å²) in [6.07, 6.45) is 5.88. The van der Waals surface area contributed by atoms with Gasteiger partial charge >= 0.3 is 0 Å². The standard InChI is InChI=1S/C18H25N3O3/c1-24-16-5-3-15(4-6-16)21-12-9-19-17(21)13-20-10-2-7-18(23,14-22)8-11-20/h3-6,9,12,22-23H,2,7-8,10-11,13-14H2,1H3/t18-/m1/s1. The van der Waals surface area contributed by atoms with Crippen LogP contribution in [0.4, 0.5) is 0 Å². The monoisotopic (exact) mass is 331 g/mol. The predicted molar refractivity (Wildman–Crippen MR) is 91.3 cm³/mol. The quantitative estimate of drug-likeness (QED) is 0.871. The molecular weight excluding hydrogens is 306 g/mol. The maximum Gasteiger partial charge on any atom is 0.127 e. The van der Waals surface area contributed by atoms with Crippen molar-refractivity contribution in [1.29, 1.82) is 0 Å². The molecule has 0 bridgehead atoms. The van der Waals surface area contributed by atoms with Crippen molar-refractivity contribution < 1.29 is 14.9 Å². The van der Waals surface area contributed by atoms with Gasteiger partial charge < -0.3 is 19.5 Å². The number of aromatic nitrogens is 2. The molecular formula is C18H25N3O3. The molecule has 1 atom stereocenters. The molecule has 3 rings (SSSR count). The van der Waals surface area contributed by atoms with Crippen molar-refractivity contribution in [2.24, 2.45) is 0 Å². The zero-order valence-electron chi connectivity index (χ0n) is 14.1. The number of nitrogens with zero attached hydrogens (tertiary/aromatic N) is 3. The minimum absolute atomic E-state index is 0.165. The number of ether oxygens (including phenoxy) is 1. The lowest BCUT2D eigenvalue weighted by Gasteiger charge is -2.24. The number of imidazole rings is 1. The lowest BCUT2D eigenvalue weighted by molar-refractivity contribution is -0.0255. The molecule has 1 aliphatic rings. The number of aliphatic hydroxyl groups is 2. The third-order valence-electron chi connectivity index (χ3n) is 4.74. The average molecular weight is 331 g/mol. The number of hydrogen-bond donors (Lipinski definition) is 2. The Bertz CT molecular complexity index is 656. The van der Waals surface area contributed by atoms with Crippen LogP contribution < -0.4 is 4.74 Å². The first-order valence-corrected chi connectivity index (χ1v) is 8.36. The summed E-state index contributed by atoms with van der Waals surface area (Å²) in [5.41, 5.74) is 0.116. The molecule has 130 valence electrons. The minimum atomic E-state index is -0.930. The molecule has 2 N–H and O–H groups in total. The van der Waals surface area contributed by atoms with Gasteiger partial charge in [0.15, 0.2) is 0 Å². The molecule has 1 aromatic carbocycles. The van der Waals surface area contributed by atoms with Crippen molar-refractivity contribution in [3.05, 3.63) is 42.5 Å². The molecule has 0 amide bonds. The second kappa shape index (κ2) is 7.34. The Kier molecular flexibility index (Phi) is 5.18. The van der Waals surface area contributed by atoms with E-state index in [4.69, 9.17) is 4.74 Å². The largest absolute Gasteiger partial charge is 0.497 e.